The van der Waals surface area contributed by atoms with Gasteiger partial charge in [-0.3, -0.25) is 0 Å². The molecular formula is C8H12BrN5. The summed E-state index contributed by atoms with van der Waals surface area (Å²) >= 11 is 3.46. The molecule has 0 spiro atoms. The van der Waals surface area contributed by atoms with Gasteiger partial charge in [-0.15, -0.1) is 0 Å². The number of aromatic nitrogens is 2. The van der Waals surface area contributed by atoms with Gasteiger partial charge in [-0.2, -0.15) is 4.98 Å². The first kappa shape index (κ1) is 9.67. The molecule has 1 aliphatic rings. The Hall–Kier alpha value is -0.880. The van der Waals surface area contributed by atoms with E-state index in [-0.39, 0.29) is 4.45 Å². The summed E-state index contributed by atoms with van der Waals surface area (Å²) in [5.74, 6) is 1.14. The largest absolute Gasteiger partial charge is 0.368 e. The maximum absolute atomic E-state index is 5.94. The molecule has 4 N–H and O–H groups in total. The Morgan fingerprint density at radius 3 is 2.93 bits per heavy atom. The lowest BCUT2D eigenvalue weighted by atomic mass is 10.3. The summed E-state index contributed by atoms with van der Waals surface area (Å²) in [5, 5.41) is 0. The van der Waals surface area contributed by atoms with Crippen LogP contribution in [0, 0.1) is 0 Å². The van der Waals surface area contributed by atoms with Gasteiger partial charge in [-0.05, 0) is 12.5 Å². The summed E-state index contributed by atoms with van der Waals surface area (Å²) in [6, 6.07) is 1.84. The molecule has 2 heterocycles. The highest BCUT2D eigenvalue weighted by Crippen LogP contribution is 2.27. The fourth-order valence-electron chi connectivity index (χ4n) is 1.53. The standard InChI is InChI=1S/C8H12BrN5/c9-8(11)2-4-14(5-8)6-1-3-12-7(10)13-6/h1,3H,2,4-5,11H2,(H2,10,12,13)/t8-/m1/s1. The third-order valence-electron chi connectivity index (χ3n) is 2.23. The van der Waals surface area contributed by atoms with Crippen LogP contribution in [0.5, 0.6) is 0 Å². The Bertz CT molecular complexity index is 340. The van der Waals surface area contributed by atoms with Gasteiger partial charge >= 0.3 is 0 Å². The van der Waals surface area contributed by atoms with Crippen molar-refractivity contribution >= 4 is 27.7 Å². The monoisotopic (exact) mass is 257 g/mol. The second-order valence-corrected chi connectivity index (χ2v) is 5.06. The third kappa shape index (κ3) is 1.96. The van der Waals surface area contributed by atoms with E-state index in [1.165, 1.54) is 0 Å². The van der Waals surface area contributed by atoms with Gasteiger partial charge in [0.1, 0.15) is 5.82 Å². The minimum atomic E-state index is -0.299. The molecule has 76 valence electrons. The second kappa shape index (κ2) is 3.36. The van der Waals surface area contributed by atoms with Crippen molar-refractivity contribution in [2.75, 3.05) is 23.7 Å². The first-order valence-corrected chi connectivity index (χ1v) is 5.17. The Morgan fingerprint density at radius 2 is 2.36 bits per heavy atom. The van der Waals surface area contributed by atoms with Gasteiger partial charge < -0.3 is 16.4 Å². The SMILES string of the molecule is Nc1nccc(N2CC[C@](N)(Br)C2)n1. The molecule has 0 bridgehead atoms. The van der Waals surface area contributed by atoms with Crippen molar-refractivity contribution in [1.29, 1.82) is 0 Å². The van der Waals surface area contributed by atoms with E-state index in [2.05, 4.69) is 30.8 Å². The number of hydrogen-bond donors (Lipinski definition) is 2. The fourth-order valence-corrected chi connectivity index (χ4v) is 2.01. The Labute approximate surface area is 90.6 Å². The number of nitrogen functional groups attached to an aromatic ring is 1. The molecule has 5 nitrogen and oxygen atoms in total. The second-order valence-electron chi connectivity index (χ2n) is 3.48. The van der Waals surface area contributed by atoms with Gasteiger partial charge in [0.2, 0.25) is 5.95 Å². The maximum atomic E-state index is 5.94. The van der Waals surface area contributed by atoms with Crippen molar-refractivity contribution in [2.24, 2.45) is 5.73 Å². The highest BCUT2D eigenvalue weighted by atomic mass is 79.9. The molecule has 0 saturated carbocycles. The van der Waals surface area contributed by atoms with Crippen LogP contribution in [0.1, 0.15) is 6.42 Å². The molecule has 6 heteroatoms. The summed E-state index contributed by atoms with van der Waals surface area (Å²) < 4.78 is -0.299. The van der Waals surface area contributed by atoms with Crippen molar-refractivity contribution in [3.63, 3.8) is 0 Å². The number of rotatable bonds is 1. The van der Waals surface area contributed by atoms with E-state index in [4.69, 9.17) is 11.5 Å². The van der Waals surface area contributed by atoms with Crippen LogP contribution < -0.4 is 16.4 Å². The van der Waals surface area contributed by atoms with Crippen LogP contribution in [-0.4, -0.2) is 27.5 Å². The molecule has 0 amide bonds. The quantitative estimate of drug-likeness (QED) is 0.560. The highest BCUT2D eigenvalue weighted by Gasteiger charge is 2.32. The molecule has 1 saturated heterocycles. The number of alkyl halides is 1. The zero-order valence-corrected chi connectivity index (χ0v) is 9.24. The zero-order chi connectivity index (χ0) is 10.2. The lowest BCUT2D eigenvalue weighted by Gasteiger charge is -2.19. The highest BCUT2D eigenvalue weighted by molar-refractivity contribution is 9.10. The number of anilines is 2. The van der Waals surface area contributed by atoms with E-state index in [0.717, 1.165) is 25.3 Å². The van der Waals surface area contributed by atoms with Crippen LogP contribution in [0.25, 0.3) is 0 Å². The minimum Gasteiger partial charge on any atom is -0.368 e. The van der Waals surface area contributed by atoms with E-state index in [1.807, 2.05) is 6.07 Å². The van der Waals surface area contributed by atoms with Crippen LogP contribution >= 0.6 is 15.9 Å². The molecule has 0 radical (unpaired) electrons. The van der Waals surface area contributed by atoms with Gasteiger partial charge in [-0.1, -0.05) is 15.9 Å². The van der Waals surface area contributed by atoms with E-state index in [1.54, 1.807) is 6.20 Å². The molecule has 1 aromatic heterocycles. The number of nitrogens with two attached hydrogens (primary N) is 2. The third-order valence-corrected chi connectivity index (χ3v) is 2.88. The van der Waals surface area contributed by atoms with Crippen LogP contribution in [0.4, 0.5) is 11.8 Å². The molecule has 0 aromatic carbocycles. The maximum Gasteiger partial charge on any atom is 0.221 e. The molecule has 1 aromatic rings. The Balaban J connectivity index is 2.17. The van der Waals surface area contributed by atoms with Gasteiger partial charge in [0, 0.05) is 19.3 Å². The number of hydrogen-bond acceptors (Lipinski definition) is 5. The Kier molecular flexibility index (Phi) is 2.32. The molecule has 2 rings (SSSR count). The molecule has 14 heavy (non-hydrogen) atoms. The minimum absolute atomic E-state index is 0.298. The average Bonchev–Trinajstić information content (AvgIpc) is 2.46. The van der Waals surface area contributed by atoms with Gasteiger partial charge in [-0.25, -0.2) is 4.98 Å². The van der Waals surface area contributed by atoms with Crippen molar-refractivity contribution in [3.8, 4) is 0 Å². The lowest BCUT2D eigenvalue weighted by Crippen LogP contribution is -2.36. The summed E-state index contributed by atoms with van der Waals surface area (Å²) in [7, 11) is 0. The zero-order valence-electron chi connectivity index (χ0n) is 7.65. The van der Waals surface area contributed by atoms with Crippen molar-refractivity contribution in [3.05, 3.63) is 12.3 Å². The molecule has 0 unspecified atom stereocenters. The molecule has 0 aliphatic carbocycles. The summed E-state index contributed by atoms with van der Waals surface area (Å²) in [6.07, 6.45) is 2.55. The average molecular weight is 258 g/mol. The summed E-state index contributed by atoms with van der Waals surface area (Å²) in [6.45, 7) is 1.63. The Morgan fingerprint density at radius 1 is 1.57 bits per heavy atom. The van der Waals surface area contributed by atoms with Gasteiger partial charge in [0.15, 0.2) is 0 Å². The van der Waals surface area contributed by atoms with E-state index < -0.39 is 0 Å². The molecule has 1 aliphatic heterocycles. The molecular weight excluding hydrogens is 246 g/mol. The number of halogens is 1. The first-order chi connectivity index (χ1) is 6.57. The first-order valence-electron chi connectivity index (χ1n) is 4.38. The van der Waals surface area contributed by atoms with Crippen molar-refractivity contribution < 1.29 is 0 Å². The molecule has 1 fully saturated rings. The van der Waals surface area contributed by atoms with Gasteiger partial charge in [0.25, 0.3) is 0 Å². The normalized spacial score (nSPS) is 26.9. The smallest absolute Gasteiger partial charge is 0.221 e. The predicted molar refractivity (Wildman–Crippen MR) is 59.1 cm³/mol. The van der Waals surface area contributed by atoms with Crippen molar-refractivity contribution in [1.82, 2.24) is 9.97 Å². The lowest BCUT2D eigenvalue weighted by molar-refractivity contribution is 0.700. The van der Waals surface area contributed by atoms with Crippen LogP contribution in [0.15, 0.2) is 12.3 Å². The number of nitrogens with zero attached hydrogens (tertiary/aromatic N) is 3. The predicted octanol–water partition coefficient (Wildman–Crippen LogP) is 0.319. The van der Waals surface area contributed by atoms with Crippen LogP contribution in [0.3, 0.4) is 0 Å². The van der Waals surface area contributed by atoms with E-state index in [9.17, 15) is 0 Å². The fraction of sp³-hybridized carbons (Fsp3) is 0.500. The molecule has 1 atom stereocenters. The van der Waals surface area contributed by atoms with Crippen molar-refractivity contribution in [2.45, 2.75) is 10.9 Å². The van der Waals surface area contributed by atoms with E-state index >= 15 is 0 Å². The summed E-state index contributed by atoms with van der Waals surface area (Å²) in [5.41, 5.74) is 11.4. The van der Waals surface area contributed by atoms with Gasteiger partial charge in [0.05, 0.1) is 4.45 Å². The van der Waals surface area contributed by atoms with Crippen LogP contribution in [-0.2, 0) is 0 Å². The topological polar surface area (TPSA) is 81.1 Å². The van der Waals surface area contributed by atoms with Crippen LogP contribution in [0.2, 0.25) is 0 Å². The summed E-state index contributed by atoms with van der Waals surface area (Å²) in [4.78, 5) is 10.1. The van der Waals surface area contributed by atoms with E-state index in [0.29, 0.717) is 5.95 Å².